The van der Waals surface area contributed by atoms with Crippen LogP contribution in [0.1, 0.15) is 29.8 Å². The minimum Gasteiger partial charge on any atom is -0.441 e. The number of aryl methyl sites for hydroxylation is 3. The van der Waals surface area contributed by atoms with E-state index in [1.165, 1.54) is 5.56 Å². The van der Waals surface area contributed by atoms with Gasteiger partial charge >= 0.3 is 0 Å². The van der Waals surface area contributed by atoms with Gasteiger partial charge in [0.25, 0.3) is 0 Å². The summed E-state index contributed by atoms with van der Waals surface area (Å²) in [6.07, 6.45) is 1.10. The van der Waals surface area contributed by atoms with E-state index < -0.39 is 0 Å². The lowest BCUT2D eigenvalue weighted by Crippen LogP contribution is -2.15. The van der Waals surface area contributed by atoms with Gasteiger partial charge < -0.3 is 14.2 Å². The van der Waals surface area contributed by atoms with Crippen molar-refractivity contribution >= 4 is 22.7 Å². The van der Waals surface area contributed by atoms with E-state index >= 15 is 0 Å². The number of amides is 1. The maximum atomic E-state index is 12.6. The van der Waals surface area contributed by atoms with Crippen molar-refractivity contribution in [1.29, 1.82) is 0 Å². The number of nitrogens with one attached hydrogen (secondary N) is 1. The second-order valence-corrected chi connectivity index (χ2v) is 6.68. The minimum absolute atomic E-state index is 0.117. The van der Waals surface area contributed by atoms with E-state index in [1.807, 2.05) is 31.2 Å². The summed E-state index contributed by atoms with van der Waals surface area (Å²) in [5.74, 6) is 1.53. The maximum Gasteiger partial charge on any atom is 0.230 e. The van der Waals surface area contributed by atoms with Gasteiger partial charge in [-0.3, -0.25) is 4.79 Å². The molecule has 0 aliphatic heterocycles. The van der Waals surface area contributed by atoms with E-state index in [0.29, 0.717) is 40.0 Å². The highest BCUT2D eigenvalue weighted by molar-refractivity contribution is 5.99. The van der Waals surface area contributed by atoms with Crippen LogP contribution in [0.15, 0.2) is 51.3 Å². The second kappa shape index (κ2) is 7.31. The lowest BCUT2D eigenvalue weighted by Gasteiger charge is -2.04. The minimum atomic E-state index is -0.189. The van der Waals surface area contributed by atoms with Crippen LogP contribution in [0.2, 0.25) is 0 Å². The van der Waals surface area contributed by atoms with Crippen LogP contribution in [-0.4, -0.2) is 15.9 Å². The van der Waals surface area contributed by atoms with Gasteiger partial charge in [0.05, 0.1) is 17.8 Å². The molecule has 0 radical (unpaired) electrons. The molecule has 2 heterocycles. The largest absolute Gasteiger partial charge is 0.441 e. The Hall–Kier alpha value is -3.41. The van der Waals surface area contributed by atoms with Crippen LogP contribution in [0, 0.1) is 13.8 Å². The zero-order chi connectivity index (χ0) is 19.7. The Morgan fingerprint density at radius 1 is 1.04 bits per heavy atom. The highest BCUT2D eigenvalue weighted by atomic mass is 16.4. The summed E-state index contributed by atoms with van der Waals surface area (Å²) in [4.78, 5) is 21.4. The van der Waals surface area contributed by atoms with Gasteiger partial charge in [0.1, 0.15) is 11.3 Å². The number of hydrogen-bond acceptors (Lipinski definition) is 5. The number of para-hydroxylation sites is 1. The molecule has 0 spiro atoms. The molecule has 6 heteroatoms. The highest BCUT2D eigenvalue weighted by Crippen LogP contribution is 2.25. The molecule has 6 nitrogen and oxygen atoms in total. The van der Waals surface area contributed by atoms with Crippen molar-refractivity contribution in [2.24, 2.45) is 0 Å². The van der Waals surface area contributed by atoms with Crippen molar-refractivity contribution in [3.8, 4) is 11.5 Å². The van der Waals surface area contributed by atoms with Crippen molar-refractivity contribution in [3.63, 3.8) is 0 Å². The number of hydrogen-bond donors (Lipinski definition) is 1. The molecular weight excluding hydrogens is 354 g/mol. The van der Waals surface area contributed by atoms with Crippen LogP contribution in [0.25, 0.3) is 22.6 Å². The maximum absolute atomic E-state index is 12.6. The van der Waals surface area contributed by atoms with Gasteiger partial charge in [0.15, 0.2) is 11.5 Å². The van der Waals surface area contributed by atoms with Crippen LogP contribution in [-0.2, 0) is 17.6 Å². The first-order valence-corrected chi connectivity index (χ1v) is 9.25. The zero-order valence-corrected chi connectivity index (χ0v) is 16.1. The molecule has 142 valence electrons. The first kappa shape index (κ1) is 18.0. The number of carbonyl (C=O) groups is 1. The van der Waals surface area contributed by atoms with Crippen LogP contribution in [0.3, 0.4) is 0 Å². The van der Waals surface area contributed by atoms with Gasteiger partial charge in [0.2, 0.25) is 11.8 Å². The van der Waals surface area contributed by atoms with E-state index in [2.05, 4.69) is 34.3 Å². The fourth-order valence-electron chi connectivity index (χ4n) is 3.10. The summed E-state index contributed by atoms with van der Waals surface area (Å²) in [6, 6.07) is 13.6. The second-order valence-electron chi connectivity index (χ2n) is 6.68. The predicted molar refractivity (Wildman–Crippen MR) is 107 cm³/mol. The van der Waals surface area contributed by atoms with E-state index in [0.717, 1.165) is 12.0 Å². The van der Waals surface area contributed by atoms with Crippen LogP contribution >= 0.6 is 0 Å². The quantitative estimate of drug-likeness (QED) is 0.540. The number of oxazole rings is 2. The Labute approximate surface area is 162 Å². The van der Waals surface area contributed by atoms with E-state index in [1.54, 1.807) is 13.0 Å². The zero-order valence-electron chi connectivity index (χ0n) is 16.1. The molecule has 0 aliphatic carbocycles. The van der Waals surface area contributed by atoms with E-state index in [9.17, 15) is 4.79 Å². The normalized spacial score (nSPS) is 11.1. The predicted octanol–water partition coefficient (Wildman–Crippen LogP) is 4.84. The van der Waals surface area contributed by atoms with Crippen molar-refractivity contribution < 1.29 is 13.6 Å². The van der Waals surface area contributed by atoms with E-state index in [4.69, 9.17) is 8.83 Å². The summed E-state index contributed by atoms with van der Waals surface area (Å²) in [5, 5.41) is 2.88. The topological polar surface area (TPSA) is 81.2 Å². The smallest absolute Gasteiger partial charge is 0.230 e. The summed E-state index contributed by atoms with van der Waals surface area (Å²) in [6.45, 7) is 5.71. The third kappa shape index (κ3) is 3.53. The summed E-state index contributed by atoms with van der Waals surface area (Å²) in [7, 11) is 0. The highest BCUT2D eigenvalue weighted by Gasteiger charge is 2.16. The number of aromatic nitrogens is 2. The SMILES string of the molecule is CCc1ccc(-c2nc(CC(=O)Nc3cccc4nc(C)oc34)c(C)o2)cc1. The molecule has 0 fully saturated rings. The molecule has 1 amide bonds. The molecule has 0 atom stereocenters. The average Bonchev–Trinajstić information content (AvgIpc) is 3.24. The van der Waals surface area contributed by atoms with Crippen LogP contribution in [0.4, 0.5) is 5.69 Å². The fraction of sp³-hybridized carbons (Fsp3) is 0.227. The van der Waals surface area contributed by atoms with Crippen molar-refractivity contribution in [2.75, 3.05) is 5.32 Å². The lowest BCUT2D eigenvalue weighted by molar-refractivity contribution is -0.115. The third-order valence-corrected chi connectivity index (χ3v) is 4.63. The number of carbonyl (C=O) groups excluding carboxylic acids is 1. The molecule has 0 aliphatic rings. The van der Waals surface area contributed by atoms with Gasteiger partial charge in [-0.1, -0.05) is 25.1 Å². The standard InChI is InChI=1S/C22H21N3O3/c1-4-15-8-10-16(11-9-15)22-25-19(13(2)27-22)12-20(26)24-18-7-5-6-17-21(18)28-14(3)23-17/h5-11H,4,12H2,1-3H3,(H,24,26). The van der Waals surface area contributed by atoms with Gasteiger partial charge in [-0.05, 0) is 43.2 Å². The first-order valence-electron chi connectivity index (χ1n) is 9.25. The monoisotopic (exact) mass is 375 g/mol. The average molecular weight is 375 g/mol. The number of fused-ring (bicyclic) bond motifs is 1. The summed E-state index contributed by atoms with van der Waals surface area (Å²) >= 11 is 0. The van der Waals surface area contributed by atoms with Gasteiger partial charge in [-0.2, -0.15) is 0 Å². The van der Waals surface area contributed by atoms with Gasteiger partial charge in [0, 0.05) is 12.5 Å². The number of anilines is 1. The molecule has 2 aromatic carbocycles. The van der Waals surface area contributed by atoms with Crippen LogP contribution < -0.4 is 5.32 Å². The van der Waals surface area contributed by atoms with Gasteiger partial charge in [-0.15, -0.1) is 0 Å². The Kier molecular flexibility index (Phi) is 4.69. The molecule has 0 saturated heterocycles. The summed E-state index contributed by atoms with van der Waals surface area (Å²) < 4.78 is 11.4. The first-order chi connectivity index (χ1) is 13.5. The molecule has 0 bridgehead atoms. The fourth-order valence-corrected chi connectivity index (χ4v) is 3.10. The lowest BCUT2D eigenvalue weighted by atomic mass is 10.1. The Morgan fingerprint density at radius 3 is 2.57 bits per heavy atom. The van der Waals surface area contributed by atoms with E-state index in [-0.39, 0.29) is 12.3 Å². The Bertz CT molecular complexity index is 1140. The molecule has 28 heavy (non-hydrogen) atoms. The third-order valence-electron chi connectivity index (χ3n) is 4.63. The Morgan fingerprint density at radius 2 is 1.82 bits per heavy atom. The molecule has 0 saturated carbocycles. The molecule has 0 unspecified atom stereocenters. The molecular formula is C22H21N3O3. The Balaban J connectivity index is 1.52. The molecule has 4 rings (SSSR count). The van der Waals surface area contributed by atoms with Crippen molar-refractivity contribution in [2.45, 2.75) is 33.6 Å². The number of nitrogens with zero attached hydrogens (tertiary/aromatic N) is 2. The number of rotatable bonds is 5. The molecule has 2 aromatic heterocycles. The van der Waals surface area contributed by atoms with Gasteiger partial charge in [-0.25, -0.2) is 9.97 Å². The van der Waals surface area contributed by atoms with Crippen molar-refractivity contribution in [3.05, 3.63) is 65.4 Å². The molecule has 1 N–H and O–H groups in total. The molecule has 4 aromatic rings. The van der Waals surface area contributed by atoms with Crippen LogP contribution in [0.5, 0.6) is 0 Å². The summed E-state index contributed by atoms with van der Waals surface area (Å²) in [5.41, 5.74) is 4.65. The number of benzene rings is 2. The van der Waals surface area contributed by atoms with Crippen molar-refractivity contribution in [1.82, 2.24) is 9.97 Å².